The summed E-state index contributed by atoms with van der Waals surface area (Å²) >= 11 is 0. The second-order valence-electron chi connectivity index (χ2n) is 4.30. The first-order valence-corrected chi connectivity index (χ1v) is 5.46. The predicted molar refractivity (Wildman–Crippen MR) is 62.9 cm³/mol. The number of nitrogens with one attached hydrogen (secondary N) is 1. The standard InChI is InChI=1S/C12H15F3N2O/c1-7(2)10(16)11(18)17-9-6-4-3-5-8(9)12(13,14)15/h3-7,10H,16H2,1-2H3,(H,17,18)/t10-/m0/s1. The number of carbonyl (C=O) groups excluding carboxylic acids is 1. The first-order valence-electron chi connectivity index (χ1n) is 5.46. The molecule has 0 aliphatic heterocycles. The van der Waals surface area contributed by atoms with Gasteiger partial charge in [-0.05, 0) is 18.1 Å². The summed E-state index contributed by atoms with van der Waals surface area (Å²) in [5.41, 5.74) is 4.42. The fourth-order valence-electron chi connectivity index (χ4n) is 1.36. The van der Waals surface area contributed by atoms with Crippen molar-refractivity contribution in [3.05, 3.63) is 29.8 Å². The zero-order chi connectivity index (χ0) is 13.9. The molecule has 100 valence electrons. The smallest absolute Gasteiger partial charge is 0.324 e. The molecule has 18 heavy (non-hydrogen) atoms. The van der Waals surface area contributed by atoms with E-state index in [0.29, 0.717) is 0 Å². The minimum Gasteiger partial charge on any atom is -0.324 e. The Morgan fingerprint density at radius 3 is 2.33 bits per heavy atom. The van der Waals surface area contributed by atoms with Gasteiger partial charge in [-0.2, -0.15) is 13.2 Å². The third-order valence-electron chi connectivity index (χ3n) is 2.51. The lowest BCUT2D eigenvalue weighted by Gasteiger charge is -2.18. The van der Waals surface area contributed by atoms with Gasteiger partial charge in [-0.3, -0.25) is 4.79 Å². The van der Waals surface area contributed by atoms with Gasteiger partial charge in [0.2, 0.25) is 5.91 Å². The Kier molecular flexibility index (Phi) is 4.34. The Balaban J connectivity index is 2.95. The van der Waals surface area contributed by atoms with Gasteiger partial charge in [-0.15, -0.1) is 0 Å². The van der Waals surface area contributed by atoms with Crippen LogP contribution in [0.5, 0.6) is 0 Å². The highest BCUT2D eigenvalue weighted by Gasteiger charge is 2.34. The molecule has 0 unspecified atom stereocenters. The normalized spacial score (nSPS) is 13.5. The van der Waals surface area contributed by atoms with E-state index in [1.807, 2.05) is 0 Å². The summed E-state index contributed by atoms with van der Waals surface area (Å²) in [7, 11) is 0. The number of carbonyl (C=O) groups is 1. The number of para-hydroxylation sites is 1. The van der Waals surface area contributed by atoms with Crippen molar-refractivity contribution in [1.29, 1.82) is 0 Å². The first kappa shape index (κ1) is 14.5. The van der Waals surface area contributed by atoms with E-state index >= 15 is 0 Å². The maximum Gasteiger partial charge on any atom is 0.418 e. The molecule has 0 heterocycles. The highest BCUT2D eigenvalue weighted by Crippen LogP contribution is 2.34. The largest absolute Gasteiger partial charge is 0.418 e. The van der Waals surface area contributed by atoms with Crippen LogP contribution in [0, 0.1) is 5.92 Å². The van der Waals surface area contributed by atoms with Gasteiger partial charge in [-0.25, -0.2) is 0 Å². The highest BCUT2D eigenvalue weighted by molar-refractivity contribution is 5.95. The van der Waals surface area contributed by atoms with E-state index in [1.165, 1.54) is 18.2 Å². The SMILES string of the molecule is CC(C)[C@H](N)C(=O)Nc1ccccc1C(F)(F)F. The van der Waals surface area contributed by atoms with Crippen molar-refractivity contribution in [3.63, 3.8) is 0 Å². The Morgan fingerprint density at radius 1 is 1.28 bits per heavy atom. The van der Waals surface area contributed by atoms with Gasteiger partial charge in [0.1, 0.15) is 0 Å². The zero-order valence-corrected chi connectivity index (χ0v) is 10.1. The quantitative estimate of drug-likeness (QED) is 0.877. The van der Waals surface area contributed by atoms with Gasteiger partial charge < -0.3 is 11.1 Å². The number of benzene rings is 1. The molecule has 0 aliphatic rings. The minimum atomic E-state index is -4.51. The van der Waals surface area contributed by atoms with Crippen LogP contribution in [0.3, 0.4) is 0 Å². The van der Waals surface area contributed by atoms with Gasteiger partial charge in [0.05, 0.1) is 17.3 Å². The Bertz CT molecular complexity index is 430. The molecule has 1 aromatic carbocycles. The lowest BCUT2D eigenvalue weighted by Crippen LogP contribution is -2.40. The minimum absolute atomic E-state index is 0.150. The third kappa shape index (κ3) is 3.46. The Hall–Kier alpha value is -1.56. The predicted octanol–water partition coefficient (Wildman–Crippen LogP) is 2.63. The van der Waals surface area contributed by atoms with Gasteiger partial charge >= 0.3 is 6.18 Å². The number of hydrogen-bond acceptors (Lipinski definition) is 2. The number of amides is 1. The van der Waals surface area contributed by atoms with Crippen molar-refractivity contribution in [2.45, 2.75) is 26.1 Å². The molecule has 3 N–H and O–H groups in total. The van der Waals surface area contributed by atoms with E-state index in [9.17, 15) is 18.0 Å². The molecule has 1 atom stereocenters. The Morgan fingerprint density at radius 2 is 1.83 bits per heavy atom. The molecular weight excluding hydrogens is 245 g/mol. The van der Waals surface area contributed by atoms with Crippen molar-refractivity contribution < 1.29 is 18.0 Å². The number of alkyl halides is 3. The number of hydrogen-bond donors (Lipinski definition) is 2. The average molecular weight is 260 g/mol. The van der Waals surface area contributed by atoms with Crippen molar-refractivity contribution in [2.24, 2.45) is 11.7 Å². The fourth-order valence-corrected chi connectivity index (χ4v) is 1.36. The van der Waals surface area contributed by atoms with Gasteiger partial charge in [-0.1, -0.05) is 26.0 Å². The van der Waals surface area contributed by atoms with Gasteiger partial charge in [0.25, 0.3) is 0 Å². The van der Waals surface area contributed by atoms with Crippen LogP contribution in [-0.4, -0.2) is 11.9 Å². The van der Waals surface area contributed by atoms with Crippen LogP contribution >= 0.6 is 0 Å². The molecule has 1 aromatic rings. The summed E-state index contributed by atoms with van der Waals surface area (Å²) in [6.07, 6.45) is -4.51. The monoisotopic (exact) mass is 260 g/mol. The van der Waals surface area contributed by atoms with Crippen LogP contribution in [0.25, 0.3) is 0 Å². The highest BCUT2D eigenvalue weighted by atomic mass is 19.4. The summed E-state index contributed by atoms with van der Waals surface area (Å²) in [6.45, 7) is 3.44. The van der Waals surface area contributed by atoms with Crippen molar-refractivity contribution in [3.8, 4) is 0 Å². The molecular formula is C12H15F3N2O. The van der Waals surface area contributed by atoms with Crippen LogP contribution in [0.15, 0.2) is 24.3 Å². The van der Waals surface area contributed by atoms with Gasteiger partial charge in [0.15, 0.2) is 0 Å². The van der Waals surface area contributed by atoms with Crippen molar-refractivity contribution in [2.75, 3.05) is 5.32 Å². The molecule has 0 saturated heterocycles. The molecule has 6 heteroatoms. The molecule has 0 spiro atoms. The molecule has 3 nitrogen and oxygen atoms in total. The summed E-state index contributed by atoms with van der Waals surface area (Å²) in [6, 6.07) is 3.96. The number of halogens is 3. The number of nitrogens with two attached hydrogens (primary N) is 1. The van der Waals surface area contributed by atoms with E-state index in [4.69, 9.17) is 5.73 Å². The number of rotatable bonds is 3. The molecule has 1 amide bonds. The molecule has 0 bridgehead atoms. The van der Waals surface area contributed by atoms with Crippen LogP contribution in [-0.2, 0) is 11.0 Å². The van der Waals surface area contributed by atoms with E-state index in [2.05, 4.69) is 5.32 Å². The van der Waals surface area contributed by atoms with Crippen LogP contribution in [0.2, 0.25) is 0 Å². The molecule has 0 aromatic heterocycles. The summed E-state index contributed by atoms with van der Waals surface area (Å²) < 4.78 is 38.0. The molecule has 0 radical (unpaired) electrons. The lowest BCUT2D eigenvalue weighted by molar-refractivity contribution is -0.137. The van der Waals surface area contributed by atoms with Crippen LogP contribution in [0.4, 0.5) is 18.9 Å². The number of anilines is 1. The van der Waals surface area contributed by atoms with E-state index in [1.54, 1.807) is 13.8 Å². The third-order valence-corrected chi connectivity index (χ3v) is 2.51. The second kappa shape index (κ2) is 5.39. The summed E-state index contributed by atoms with van der Waals surface area (Å²) in [5, 5.41) is 2.21. The summed E-state index contributed by atoms with van der Waals surface area (Å²) in [4.78, 5) is 11.6. The van der Waals surface area contributed by atoms with E-state index in [0.717, 1.165) is 6.07 Å². The van der Waals surface area contributed by atoms with E-state index in [-0.39, 0.29) is 11.6 Å². The second-order valence-corrected chi connectivity index (χ2v) is 4.30. The maximum absolute atomic E-state index is 12.7. The van der Waals surface area contributed by atoms with Crippen LogP contribution < -0.4 is 11.1 Å². The molecule has 0 fully saturated rings. The fraction of sp³-hybridized carbons (Fsp3) is 0.417. The van der Waals surface area contributed by atoms with Crippen LogP contribution in [0.1, 0.15) is 19.4 Å². The van der Waals surface area contributed by atoms with Gasteiger partial charge in [0, 0.05) is 0 Å². The van der Waals surface area contributed by atoms with Crippen molar-refractivity contribution >= 4 is 11.6 Å². The Labute approximate surface area is 103 Å². The topological polar surface area (TPSA) is 55.1 Å². The molecule has 1 rings (SSSR count). The maximum atomic E-state index is 12.7. The van der Waals surface area contributed by atoms with E-state index < -0.39 is 23.7 Å². The molecule has 0 saturated carbocycles. The zero-order valence-electron chi connectivity index (χ0n) is 10.1. The lowest BCUT2D eigenvalue weighted by atomic mass is 10.0. The van der Waals surface area contributed by atoms with Crippen molar-refractivity contribution in [1.82, 2.24) is 0 Å². The average Bonchev–Trinajstić information content (AvgIpc) is 2.27. The molecule has 0 aliphatic carbocycles. The first-order chi connectivity index (χ1) is 8.23. The summed E-state index contributed by atoms with van der Waals surface area (Å²) in [5.74, 6) is -0.773.